The van der Waals surface area contributed by atoms with Crippen LogP contribution < -0.4 is 10.0 Å². The standard InChI is InChI=1S/C20H23FN2O5S2/c1-15-8-9-17(14-18(15)21)22-20(24)19(11-12-29(2,25)26)23-30(27,28)13-10-16-6-4-3-5-7-16/h3-10,13-14,19,23H,11-12H2,1-2H3,(H,22,24)/b13-10+. The number of amides is 1. The fraction of sp³-hybridized carbons (Fsp3) is 0.250. The van der Waals surface area contributed by atoms with Gasteiger partial charge in [-0.05, 0) is 42.7 Å². The SMILES string of the molecule is Cc1ccc(NC(=O)C(CCS(C)(=O)=O)NS(=O)(=O)/C=C/c2ccccc2)cc1F. The Morgan fingerprint density at radius 1 is 1.10 bits per heavy atom. The van der Waals surface area contributed by atoms with Gasteiger partial charge in [-0.25, -0.2) is 21.2 Å². The molecule has 2 aromatic carbocycles. The fourth-order valence-electron chi connectivity index (χ4n) is 2.45. The van der Waals surface area contributed by atoms with Crippen molar-refractivity contribution in [3.05, 3.63) is 70.9 Å². The first-order chi connectivity index (χ1) is 14.0. The largest absolute Gasteiger partial charge is 0.325 e. The molecule has 0 saturated carbocycles. The molecule has 1 amide bonds. The van der Waals surface area contributed by atoms with E-state index in [4.69, 9.17) is 0 Å². The van der Waals surface area contributed by atoms with E-state index in [0.29, 0.717) is 11.1 Å². The molecule has 0 aliphatic rings. The molecular weight excluding hydrogens is 431 g/mol. The van der Waals surface area contributed by atoms with E-state index >= 15 is 0 Å². The van der Waals surface area contributed by atoms with E-state index < -0.39 is 43.4 Å². The van der Waals surface area contributed by atoms with E-state index in [1.165, 1.54) is 18.2 Å². The number of rotatable bonds is 9. The molecule has 0 aliphatic carbocycles. The van der Waals surface area contributed by atoms with Gasteiger partial charge in [-0.1, -0.05) is 36.4 Å². The van der Waals surface area contributed by atoms with Gasteiger partial charge in [0.25, 0.3) is 0 Å². The van der Waals surface area contributed by atoms with E-state index in [9.17, 15) is 26.0 Å². The van der Waals surface area contributed by atoms with Crippen LogP contribution in [0, 0.1) is 12.7 Å². The quantitative estimate of drug-likeness (QED) is 0.605. The van der Waals surface area contributed by atoms with Crippen LogP contribution in [-0.2, 0) is 24.7 Å². The first-order valence-corrected chi connectivity index (χ1v) is 12.6. The monoisotopic (exact) mass is 454 g/mol. The third kappa shape index (κ3) is 8.05. The minimum Gasteiger partial charge on any atom is -0.325 e. The predicted octanol–water partition coefficient (Wildman–Crippen LogP) is 2.47. The van der Waals surface area contributed by atoms with E-state index in [0.717, 1.165) is 17.7 Å². The van der Waals surface area contributed by atoms with Crippen molar-refractivity contribution in [1.82, 2.24) is 4.72 Å². The van der Waals surface area contributed by atoms with Crippen molar-refractivity contribution in [1.29, 1.82) is 0 Å². The highest BCUT2D eigenvalue weighted by Gasteiger charge is 2.25. The van der Waals surface area contributed by atoms with Crippen molar-refractivity contribution in [2.24, 2.45) is 0 Å². The molecule has 7 nitrogen and oxygen atoms in total. The van der Waals surface area contributed by atoms with Gasteiger partial charge in [0.15, 0.2) is 0 Å². The molecule has 0 bridgehead atoms. The Kier molecular flexibility index (Phi) is 7.88. The molecule has 0 saturated heterocycles. The molecule has 2 rings (SSSR count). The number of sulfonamides is 1. The Morgan fingerprint density at radius 3 is 2.37 bits per heavy atom. The molecule has 162 valence electrons. The normalized spacial score (nSPS) is 13.3. The molecular formula is C20H23FN2O5S2. The summed E-state index contributed by atoms with van der Waals surface area (Å²) in [7, 11) is -7.50. The average molecular weight is 455 g/mol. The smallest absolute Gasteiger partial charge is 0.242 e. The van der Waals surface area contributed by atoms with Crippen molar-refractivity contribution in [2.75, 3.05) is 17.3 Å². The molecule has 2 N–H and O–H groups in total. The number of hydrogen-bond donors (Lipinski definition) is 2. The summed E-state index contributed by atoms with van der Waals surface area (Å²) >= 11 is 0. The number of hydrogen-bond acceptors (Lipinski definition) is 5. The summed E-state index contributed by atoms with van der Waals surface area (Å²) in [6.45, 7) is 1.56. The minimum atomic E-state index is -4.06. The molecule has 0 spiro atoms. The van der Waals surface area contributed by atoms with Gasteiger partial charge in [0.05, 0.1) is 5.75 Å². The highest BCUT2D eigenvalue weighted by Crippen LogP contribution is 2.15. The lowest BCUT2D eigenvalue weighted by Gasteiger charge is -2.17. The first-order valence-electron chi connectivity index (χ1n) is 8.95. The zero-order chi connectivity index (χ0) is 22.4. The van der Waals surface area contributed by atoms with E-state index in [1.54, 1.807) is 37.3 Å². The third-order valence-electron chi connectivity index (χ3n) is 4.08. The van der Waals surface area contributed by atoms with Gasteiger partial charge in [-0.15, -0.1) is 0 Å². The number of carbonyl (C=O) groups excluding carboxylic acids is 1. The van der Waals surface area contributed by atoms with Gasteiger partial charge in [-0.2, -0.15) is 4.72 Å². The third-order valence-corrected chi connectivity index (χ3v) is 6.16. The van der Waals surface area contributed by atoms with Crippen molar-refractivity contribution in [3.63, 3.8) is 0 Å². The highest BCUT2D eigenvalue weighted by atomic mass is 32.2. The molecule has 0 aliphatic heterocycles. The topological polar surface area (TPSA) is 109 Å². The van der Waals surface area contributed by atoms with Crippen molar-refractivity contribution >= 4 is 37.5 Å². The molecule has 0 radical (unpaired) electrons. The molecule has 0 fully saturated rings. The number of anilines is 1. The lowest BCUT2D eigenvalue weighted by atomic mass is 10.2. The summed E-state index contributed by atoms with van der Waals surface area (Å²) in [5, 5.41) is 3.32. The van der Waals surface area contributed by atoms with Crippen molar-refractivity contribution < 1.29 is 26.0 Å². The predicted molar refractivity (Wildman–Crippen MR) is 115 cm³/mol. The van der Waals surface area contributed by atoms with Gasteiger partial charge in [0, 0.05) is 17.4 Å². The maximum atomic E-state index is 13.7. The number of sulfone groups is 1. The molecule has 10 heteroatoms. The van der Waals surface area contributed by atoms with Crippen molar-refractivity contribution in [3.8, 4) is 0 Å². The fourth-order valence-corrected chi connectivity index (χ4v) is 4.15. The van der Waals surface area contributed by atoms with Crippen LogP contribution in [0.3, 0.4) is 0 Å². The number of carbonyl (C=O) groups is 1. The van der Waals surface area contributed by atoms with Crippen LogP contribution in [0.4, 0.5) is 10.1 Å². The van der Waals surface area contributed by atoms with Gasteiger partial charge in [-0.3, -0.25) is 4.79 Å². The summed E-state index contributed by atoms with van der Waals surface area (Å²) in [6.07, 6.45) is 2.06. The van der Waals surface area contributed by atoms with Crippen LogP contribution in [0.2, 0.25) is 0 Å². The maximum Gasteiger partial charge on any atom is 0.242 e. The minimum absolute atomic E-state index is 0.131. The van der Waals surface area contributed by atoms with E-state index in [1.807, 2.05) is 0 Å². The van der Waals surface area contributed by atoms with Crippen LogP contribution in [0.1, 0.15) is 17.5 Å². The first kappa shape index (κ1) is 23.7. The second kappa shape index (κ2) is 9.96. The van der Waals surface area contributed by atoms with E-state index in [-0.39, 0.29) is 12.1 Å². The highest BCUT2D eigenvalue weighted by molar-refractivity contribution is 7.92. The Labute approximate surface area is 176 Å². The van der Waals surface area contributed by atoms with Crippen molar-refractivity contribution in [2.45, 2.75) is 19.4 Å². The average Bonchev–Trinajstić information content (AvgIpc) is 2.66. The Balaban J connectivity index is 2.19. The summed E-state index contributed by atoms with van der Waals surface area (Å²) in [5.41, 5.74) is 1.15. The Bertz CT molecular complexity index is 1130. The van der Waals surface area contributed by atoms with Crippen LogP contribution in [0.5, 0.6) is 0 Å². The Hall–Kier alpha value is -2.56. The van der Waals surface area contributed by atoms with E-state index in [2.05, 4.69) is 10.0 Å². The van der Waals surface area contributed by atoms with Crippen LogP contribution in [-0.4, -0.2) is 40.8 Å². The van der Waals surface area contributed by atoms with Gasteiger partial charge in [0.2, 0.25) is 15.9 Å². The second-order valence-corrected chi connectivity index (χ2v) is 10.7. The second-order valence-electron chi connectivity index (χ2n) is 6.80. The lowest BCUT2D eigenvalue weighted by Crippen LogP contribution is -2.44. The maximum absolute atomic E-state index is 13.7. The van der Waals surface area contributed by atoms with Gasteiger partial charge in [0.1, 0.15) is 21.7 Å². The molecule has 0 heterocycles. The van der Waals surface area contributed by atoms with Gasteiger partial charge < -0.3 is 5.32 Å². The Morgan fingerprint density at radius 2 is 1.77 bits per heavy atom. The van der Waals surface area contributed by atoms with Gasteiger partial charge >= 0.3 is 0 Å². The number of benzene rings is 2. The molecule has 1 unspecified atom stereocenters. The van der Waals surface area contributed by atoms with Crippen LogP contribution >= 0.6 is 0 Å². The van der Waals surface area contributed by atoms with Crippen LogP contribution in [0.15, 0.2) is 53.9 Å². The molecule has 2 aromatic rings. The number of halogens is 1. The zero-order valence-electron chi connectivity index (χ0n) is 16.5. The summed E-state index contributed by atoms with van der Waals surface area (Å²) in [4.78, 5) is 12.6. The number of aryl methyl sites for hydroxylation is 1. The molecule has 1 atom stereocenters. The van der Waals surface area contributed by atoms with Crippen LogP contribution in [0.25, 0.3) is 6.08 Å². The lowest BCUT2D eigenvalue weighted by molar-refractivity contribution is -0.117. The summed E-state index contributed by atoms with van der Waals surface area (Å²) in [5.74, 6) is -1.73. The molecule has 30 heavy (non-hydrogen) atoms. The molecule has 0 aromatic heterocycles. The summed E-state index contributed by atoms with van der Waals surface area (Å²) < 4.78 is 63.7. The zero-order valence-corrected chi connectivity index (χ0v) is 18.1. The summed E-state index contributed by atoms with van der Waals surface area (Å²) in [6, 6.07) is 11.3. The number of nitrogens with one attached hydrogen (secondary N) is 2.